The second-order valence-corrected chi connectivity index (χ2v) is 4.21. The van der Waals surface area contributed by atoms with Crippen LogP contribution >= 0.6 is 0 Å². The van der Waals surface area contributed by atoms with E-state index in [1.807, 2.05) is 19.9 Å². The molecule has 4 nitrogen and oxygen atoms in total. The van der Waals surface area contributed by atoms with Crippen molar-refractivity contribution in [3.05, 3.63) is 57.8 Å². The molecule has 0 atom stereocenters. The summed E-state index contributed by atoms with van der Waals surface area (Å²) < 4.78 is 6.99. The normalized spacial score (nSPS) is 10.4. The molecule has 2 aromatic rings. The second-order valence-electron chi connectivity index (χ2n) is 4.21. The van der Waals surface area contributed by atoms with Crippen molar-refractivity contribution < 1.29 is 4.74 Å². The first kappa shape index (κ1) is 12.4. The van der Waals surface area contributed by atoms with Gasteiger partial charge in [0.2, 0.25) is 0 Å². The van der Waals surface area contributed by atoms with Gasteiger partial charge in [-0.25, -0.2) is 0 Å². The van der Waals surface area contributed by atoms with Crippen LogP contribution in [0.5, 0.6) is 5.75 Å². The van der Waals surface area contributed by atoms with E-state index in [9.17, 15) is 4.79 Å². The number of nitrogens with zero attached hydrogens (tertiary/aromatic N) is 2. The highest BCUT2D eigenvalue weighted by Gasteiger charge is 2.09. The van der Waals surface area contributed by atoms with E-state index in [4.69, 9.17) is 4.74 Å². The van der Waals surface area contributed by atoms with Gasteiger partial charge in [0.05, 0.1) is 19.3 Å². The summed E-state index contributed by atoms with van der Waals surface area (Å²) in [4.78, 5) is 16.0. The van der Waals surface area contributed by atoms with Crippen molar-refractivity contribution in [1.29, 1.82) is 0 Å². The molecule has 0 fully saturated rings. The highest BCUT2D eigenvalue weighted by molar-refractivity contribution is 5.41. The number of hydrogen-bond acceptors (Lipinski definition) is 3. The number of aryl methyl sites for hydroxylation is 1. The lowest BCUT2D eigenvalue weighted by molar-refractivity contribution is 0.406. The first-order valence-electron chi connectivity index (χ1n) is 5.78. The molecule has 0 bridgehead atoms. The largest absolute Gasteiger partial charge is 0.496 e. The Morgan fingerprint density at radius 2 is 2.11 bits per heavy atom. The van der Waals surface area contributed by atoms with E-state index in [1.54, 1.807) is 36.2 Å². The van der Waals surface area contributed by atoms with E-state index in [1.165, 1.54) is 0 Å². The molecule has 0 radical (unpaired) electrons. The molecule has 0 aliphatic rings. The lowest BCUT2D eigenvalue weighted by Gasteiger charge is -2.13. The minimum absolute atomic E-state index is 0.0294. The van der Waals surface area contributed by atoms with Gasteiger partial charge in [-0.05, 0) is 19.9 Å². The Hall–Kier alpha value is -2.10. The van der Waals surface area contributed by atoms with Crippen LogP contribution in [0.3, 0.4) is 0 Å². The minimum atomic E-state index is -0.0294. The van der Waals surface area contributed by atoms with Crippen LogP contribution < -0.4 is 10.3 Å². The van der Waals surface area contributed by atoms with Crippen molar-refractivity contribution in [2.75, 3.05) is 7.11 Å². The van der Waals surface area contributed by atoms with Gasteiger partial charge in [0.25, 0.3) is 5.56 Å². The predicted octanol–water partition coefficient (Wildman–Crippen LogP) is 1.92. The standard InChI is InChI=1S/C14H16N2O2/c1-10-8-15-12(11(2)14(10)18-3)9-16-7-5-4-6-13(16)17/h4-8H,9H2,1-3H3. The lowest BCUT2D eigenvalue weighted by Crippen LogP contribution is -2.19. The second kappa shape index (κ2) is 5.04. The number of pyridine rings is 2. The van der Waals surface area contributed by atoms with Gasteiger partial charge in [0, 0.05) is 29.6 Å². The van der Waals surface area contributed by atoms with Crippen LogP contribution in [0.2, 0.25) is 0 Å². The van der Waals surface area contributed by atoms with Gasteiger partial charge in [-0.15, -0.1) is 0 Å². The summed E-state index contributed by atoms with van der Waals surface area (Å²) in [5.41, 5.74) is 2.80. The zero-order valence-corrected chi connectivity index (χ0v) is 10.8. The Morgan fingerprint density at radius 3 is 2.78 bits per heavy atom. The minimum Gasteiger partial charge on any atom is -0.496 e. The van der Waals surface area contributed by atoms with Gasteiger partial charge in [0.15, 0.2) is 0 Å². The van der Waals surface area contributed by atoms with E-state index in [2.05, 4.69) is 4.98 Å². The SMILES string of the molecule is COc1c(C)cnc(Cn2ccccc2=O)c1C. The lowest BCUT2D eigenvalue weighted by atomic mass is 10.1. The Morgan fingerprint density at radius 1 is 1.33 bits per heavy atom. The average molecular weight is 244 g/mol. The van der Waals surface area contributed by atoms with Gasteiger partial charge < -0.3 is 9.30 Å². The number of hydrogen-bond donors (Lipinski definition) is 0. The Bertz CT molecular complexity index is 617. The molecule has 0 saturated heterocycles. The maximum Gasteiger partial charge on any atom is 0.250 e. The van der Waals surface area contributed by atoms with Crippen molar-refractivity contribution in [3.8, 4) is 5.75 Å². The third kappa shape index (κ3) is 2.27. The quantitative estimate of drug-likeness (QED) is 0.828. The number of ether oxygens (including phenoxy) is 1. The fourth-order valence-corrected chi connectivity index (χ4v) is 1.98. The summed E-state index contributed by atoms with van der Waals surface area (Å²) in [7, 11) is 1.65. The van der Waals surface area contributed by atoms with E-state index in [0.717, 1.165) is 22.6 Å². The zero-order chi connectivity index (χ0) is 13.1. The molecular weight excluding hydrogens is 228 g/mol. The first-order chi connectivity index (χ1) is 8.63. The van der Waals surface area contributed by atoms with E-state index in [0.29, 0.717) is 6.54 Å². The molecule has 0 unspecified atom stereocenters. The molecule has 0 aliphatic heterocycles. The van der Waals surface area contributed by atoms with Crippen LogP contribution in [-0.4, -0.2) is 16.7 Å². The van der Waals surface area contributed by atoms with Crippen LogP contribution in [0, 0.1) is 13.8 Å². The van der Waals surface area contributed by atoms with Crippen LogP contribution in [0.1, 0.15) is 16.8 Å². The van der Waals surface area contributed by atoms with Crippen LogP contribution in [0.25, 0.3) is 0 Å². The molecule has 0 saturated carbocycles. The fourth-order valence-electron chi connectivity index (χ4n) is 1.98. The summed E-state index contributed by atoms with van der Waals surface area (Å²) in [6.07, 6.45) is 3.53. The highest BCUT2D eigenvalue weighted by Crippen LogP contribution is 2.24. The maximum absolute atomic E-state index is 11.7. The molecular formula is C14H16N2O2. The zero-order valence-electron chi connectivity index (χ0n) is 10.8. The summed E-state index contributed by atoms with van der Waals surface area (Å²) in [5.74, 6) is 0.837. The van der Waals surface area contributed by atoms with Crippen molar-refractivity contribution in [2.45, 2.75) is 20.4 Å². The molecule has 0 aliphatic carbocycles. The summed E-state index contributed by atoms with van der Waals surface area (Å²) in [6.45, 7) is 4.38. The molecule has 2 aromatic heterocycles. The van der Waals surface area contributed by atoms with Crippen molar-refractivity contribution in [3.63, 3.8) is 0 Å². The highest BCUT2D eigenvalue weighted by atomic mass is 16.5. The van der Waals surface area contributed by atoms with Gasteiger partial charge in [-0.1, -0.05) is 6.07 Å². The molecule has 0 aromatic carbocycles. The molecule has 0 amide bonds. The third-order valence-electron chi connectivity index (χ3n) is 2.97. The fraction of sp³-hybridized carbons (Fsp3) is 0.286. The van der Waals surface area contributed by atoms with Gasteiger partial charge in [-0.2, -0.15) is 0 Å². The number of methoxy groups -OCH3 is 1. The molecule has 0 spiro atoms. The Kier molecular flexibility index (Phi) is 3.46. The number of aromatic nitrogens is 2. The topological polar surface area (TPSA) is 44.1 Å². The van der Waals surface area contributed by atoms with Crippen molar-refractivity contribution >= 4 is 0 Å². The third-order valence-corrected chi connectivity index (χ3v) is 2.97. The van der Waals surface area contributed by atoms with E-state index < -0.39 is 0 Å². The summed E-state index contributed by atoms with van der Waals surface area (Å²) in [6, 6.07) is 5.11. The van der Waals surface area contributed by atoms with Crippen LogP contribution in [-0.2, 0) is 6.54 Å². The molecule has 18 heavy (non-hydrogen) atoms. The van der Waals surface area contributed by atoms with E-state index in [-0.39, 0.29) is 5.56 Å². The molecule has 4 heteroatoms. The van der Waals surface area contributed by atoms with Gasteiger partial charge >= 0.3 is 0 Å². The average Bonchev–Trinajstić information content (AvgIpc) is 2.36. The van der Waals surface area contributed by atoms with Gasteiger partial charge in [0.1, 0.15) is 5.75 Å². The molecule has 94 valence electrons. The molecule has 2 rings (SSSR count). The van der Waals surface area contributed by atoms with Crippen molar-refractivity contribution in [1.82, 2.24) is 9.55 Å². The van der Waals surface area contributed by atoms with Gasteiger partial charge in [-0.3, -0.25) is 9.78 Å². The molecule has 2 heterocycles. The number of rotatable bonds is 3. The monoisotopic (exact) mass is 244 g/mol. The van der Waals surface area contributed by atoms with E-state index >= 15 is 0 Å². The Labute approximate surface area is 106 Å². The predicted molar refractivity (Wildman–Crippen MR) is 70.1 cm³/mol. The summed E-state index contributed by atoms with van der Waals surface area (Å²) in [5, 5.41) is 0. The van der Waals surface area contributed by atoms with Crippen LogP contribution in [0.15, 0.2) is 35.4 Å². The molecule has 0 N–H and O–H groups in total. The first-order valence-corrected chi connectivity index (χ1v) is 5.78. The van der Waals surface area contributed by atoms with Crippen LogP contribution in [0.4, 0.5) is 0 Å². The Balaban J connectivity index is 2.42. The summed E-state index contributed by atoms with van der Waals surface area (Å²) >= 11 is 0. The maximum atomic E-state index is 11.7. The van der Waals surface area contributed by atoms with Crippen molar-refractivity contribution in [2.24, 2.45) is 0 Å². The smallest absolute Gasteiger partial charge is 0.250 e.